The zero-order valence-electron chi connectivity index (χ0n) is 9.55. The highest BCUT2D eigenvalue weighted by molar-refractivity contribution is 5.97. The molecule has 2 rings (SSSR count). The van der Waals surface area contributed by atoms with Gasteiger partial charge in [-0.25, -0.2) is 0 Å². The number of hydrogen-bond acceptors (Lipinski definition) is 1. The highest BCUT2D eigenvalue weighted by atomic mass is 16.2. The molecule has 0 saturated heterocycles. The highest BCUT2D eigenvalue weighted by Crippen LogP contribution is 2.45. The Morgan fingerprint density at radius 1 is 1.33 bits per heavy atom. The van der Waals surface area contributed by atoms with Crippen molar-refractivity contribution < 1.29 is 4.79 Å². The number of carbonyl (C=O) groups excluding carboxylic acids is 1. The Kier molecular flexibility index (Phi) is 2.29. The second-order valence-electron chi connectivity index (χ2n) is 4.83. The molecule has 0 unspecified atom stereocenters. The van der Waals surface area contributed by atoms with Gasteiger partial charge >= 0.3 is 0 Å². The van der Waals surface area contributed by atoms with E-state index in [9.17, 15) is 4.79 Å². The molecule has 1 aromatic rings. The Morgan fingerprint density at radius 3 is 2.60 bits per heavy atom. The molecule has 0 aliphatic heterocycles. The van der Waals surface area contributed by atoms with Crippen molar-refractivity contribution in [3.63, 3.8) is 0 Å². The first-order chi connectivity index (χ1) is 7.01. The van der Waals surface area contributed by atoms with Crippen LogP contribution in [0.3, 0.4) is 0 Å². The van der Waals surface area contributed by atoms with Crippen LogP contribution in [0.25, 0.3) is 0 Å². The second kappa shape index (κ2) is 3.37. The lowest BCUT2D eigenvalue weighted by Gasteiger charge is -2.12. The van der Waals surface area contributed by atoms with Gasteiger partial charge in [0.2, 0.25) is 5.91 Å². The third kappa shape index (κ3) is 2.04. The van der Waals surface area contributed by atoms with Crippen molar-refractivity contribution in [3.05, 3.63) is 29.3 Å². The van der Waals surface area contributed by atoms with Crippen molar-refractivity contribution in [2.45, 2.75) is 33.6 Å². The summed E-state index contributed by atoms with van der Waals surface area (Å²) in [5, 5.41) is 3.01. The van der Waals surface area contributed by atoms with Crippen molar-refractivity contribution in [1.82, 2.24) is 0 Å². The molecule has 1 aromatic carbocycles. The number of anilines is 1. The number of aryl methyl sites for hydroxylation is 2. The quantitative estimate of drug-likeness (QED) is 0.786. The van der Waals surface area contributed by atoms with E-state index in [2.05, 4.69) is 11.4 Å². The van der Waals surface area contributed by atoms with Gasteiger partial charge < -0.3 is 5.32 Å². The van der Waals surface area contributed by atoms with Crippen LogP contribution in [0, 0.1) is 19.3 Å². The predicted molar refractivity (Wildman–Crippen MR) is 61.9 cm³/mol. The summed E-state index contributed by atoms with van der Waals surface area (Å²) in [4.78, 5) is 11.8. The highest BCUT2D eigenvalue weighted by Gasteiger charge is 2.44. The molecule has 2 nitrogen and oxygen atoms in total. The Morgan fingerprint density at radius 2 is 2.00 bits per heavy atom. The maximum Gasteiger partial charge on any atom is 0.230 e. The molecule has 0 atom stereocenters. The van der Waals surface area contributed by atoms with Crippen molar-refractivity contribution in [2.75, 3.05) is 5.32 Å². The Bertz CT molecular complexity index is 405. The summed E-state index contributed by atoms with van der Waals surface area (Å²) in [6, 6.07) is 6.13. The molecule has 0 bridgehead atoms. The van der Waals surface area contributed by atoms with Crippen LogP contribution in [0.5, 0.6) is 0 Å². The van der Waals surface area contributed by atoms with Crippen LogP contribution in [0.4, 0.5) is 5.69 Å². The molecule has 1 fully saturated rings. The maximum absolute atomic E-state index is 11.8. The number of hydrogen-bond donors (Lipinski definition) is 1. The standard InChI is InChI=1S/C13H17NO/c1-9-4-5-10(2)11(8-9)14-12(15)13(3)6-7-13/h4-5,8H,6-7H2,1-3H3,(H,14,15). The number of nitrogens with one attached hydrogen (secondary N) is 1. The third-order valence-electron chi connectivity index (χ3n) is 3.19. The van der Waals surface area contributed by atoms with Crippen LogP contribution in [-0.4, -0.2) is 5.91 Å². The number of amides is 1. The number of rotatable bonds is 2. The van der Waals surface area contributed by atoms with Gasteiger partial charge in [0, 0.05) is 11.1 Å². The van der Waals surface area contributed by atoms with Crippen molar-refractivity contribution in [1.29, 1.82) is 0 Å². The smallest absolute Gasteiger partial charge is 0.230 e. The van der Waals surface area contributed by atoms with Crippen molar-refractivity contribution in [3.8, 4) is 0 Å². The zero-order valence-corrected chi connectivity index (χ0v) is 9.55. The molecule has 1 aliphatic rings. The fourth-order valence-electron chi connectivity index (χ4n) is 1.56. The largest absolute Gasteiger partial charge is 0.325 e. The first-order valence-electron chi connectivity index (χ1n) is 5.40. The van der Waals surface area contributed by atoms with Crippen LogP contribution in [-0.2, 0) is 4.79 Å². The first-order valence-corrected chi connectivity index (χ1v) is 5.40. The lowest BCUT2D eigenvalue weighted by atomic mass is 10.1. The van der Waals surface area contributed by atoms with Crippen LogP contribution < -0.4 is 5.32 Å². The number of benzene rings is 1. The van der Waals surface area contributed by atoms with Crippen LogP contribution in [0.1, 0.15) is 30.9 Å². The third-order valence-corrected chi connectivity index (χ3v) is 3.19. The fourth-order valence-corrected chi connectivity index (χ4v) is 1.56. The summed E-state index contributed by atoms with van der Waals surface area (Å²) >= 11 is 0. The Labute approximate surface area is 90.7 Å². The molecule has 15 heavy (non-hydrogen) atoms. The van der Waals surface area contributed by atoms with E-state index in [-0.39, 0.29) is 11.3 Å². The van der Waals surface area contributed by atoms with E-state index in [0.29, 0.717) is 0 Å². The second-order valence-corrected chi connectivity index (χ2v) is 4.83. The maximum atomic E-state index is 11.8. The molecule has 2 heteroatoms. The summed E-state index contributed by atoms with van der Waals surface area (Å²) < 4.78 is 0. The summed E-state index contributed by atoms with van der Waals surface area (Å²) in [6.45, 7) is 6.08. The fraction of sp³-hybridized carbons (Fsp3) is 0.462. The molecule has 80 valence electrons. The van der Waals surface area contributed by atoms with Gasteiger partial charge in [-0.3, -0.25) is 4.79 Å². The molecule has 0 radical (unpaired) electrons. The molecule has 1 aliphatic carbocycles. The van der Waals surface area contributed by atoms with Gasteiger partial charge in [-0.15, -0.1) is 0 Å². The van der Waals surface area contributed by atoms with E-state index in [1.54, 1.807) is 0 Å². The molecule has 1 saturated carbocycles. The average Bonchev–Trinajstić information content (AvgIpc) is 2.91. The van der Waals surface area contributed by atoms with Gasteiger partial charge in [0.25, 0.3) is 0 Å². The lowest BCUT2D eigenvalue weighted by molar-refractivity contribution is -0.120. The zero-order chi connectivity index (χ0) is 11.1. The summed E-state index contributed by atoms with van der Waals surface area (Å²) in [6.07, 6.45) is 2.04. The van der Waals surface area contributed by atoms with Crippen LogP contribution >= 0.6 is 0 Å². The number of carbonyl (C=O) groups is 1. The van der Waals surface area contributed by atoms with Gasteiger partial charge in [-0.05, 0) is 43.9 Å². The van der Waals surface area contributed by atoms with Gasteiger partial charge in [0.1, 0.15) is 0 Å². The lowest BCUT2D eigenvalue weighted by Crippen LogP contribution is -2.21. The Balaban J connectivity index is 2.16. The molecule has 0 heterocycles. The average molecular weight is 203 g/mol. The molecule has 0 aromatic heterocycles. The minimum Gasteiger partial charge on any atom is -0.325 e. The topological polar surface area (TPSA) is 29.1 Å². The van der Waals surface area contributed by atoms with Gasteiger partial charge in [0.05, 0.1) is 0 Å². The monoisotopic (exact) mass is 203 g/mol. The summed E-state index contributed by atoms with van der Waals surface area (Å²) in [7, 11) is 0. The summed E-state index contributed by atoms with van der Waals surface area (Å²) in [5.74, 6) is 0.163. The van der Waals surface area contributed by atoms with E-state index in [0.717, 1.165) is 24.1 Å². The minimum atomic E-state index is -0.101. The van der Waals surface area contributed by atoms with E-state index in [1.807, 2.05) is 32.9 Å². The molecule has 1 amide bonds. The molecular formula is C13H17NO. The van der Waals surface area contributed by atoms with Gasteiger partial charge in [0.15, 0.2) is 0 Å². The van der Waals surface area contributed by atoms with Gasteiger partial charge in [-0.1, -0.05) is 19.1 Å². The van der Waals surface area contributed by atoms with Gasteiger partial charge in [-0.2, -0.15) is 0 Å². The first kappa shape index (κ1) is 10.2. The van der Waals surface area contributed by atoms with E-state index in [1.165, 1.54) is 5.56 Å². The van der Waals surface area contributed by atoms with Crippen molar-refractivity contribution in [2.24, 2.45) is 5.41 Å². The molecule has 1 N–H and O–H groups in total. The SMILES string of the molecule is Cc1ccc(C)c(NC(=O)C2(C)CC2)c1. The van der Waals surface area contributed by atoms with Crippen molar-refractivity contribution >= 4 is 11.6 Å². The minimum absolute atomic E-state index is 0.101. The normalized spacial score (nSPS) is 17.3. The van der Waals surface area contributed by atoms with E-state index in [4.69, 9.17) is 0 Å². The molecule has 0 spiro atoms. The van der Waals surface area contributed by atoms with Crippen LogP contribution in [0.15, 0.2) is 18.2 Å². The Hall–Kier alpha value is -1.31. The summed E-state index contributed by atoms with van der Waals surface area (Å²) in [5.41, 5.74) is 3.15. The predicted octanol–water partition coefficient (Wildman–Crippen LogP) is 3.04. The van der Waals surface area contributed by atoms with E-state index >= 15 is 0 Å². The molecular weight excluding hydrogens is 186 g/mol. The van der Waals surface area contributed by atoms with E-state index < -0.39 is 0 Å². The van der Waals surface area contributed by atoms with Crippen LogP contribution in [0.2, 0.25) is 0 Å².